The minimum atomic E-state index is 0.926. The molecule has 0 bridgehead atoms. The van der Waals surface area contributed by atoms with E-state index in [9.17, 15) is 0 Å². The lowest BCUT2D eigenvalue weighted by atomic mass is 10.0. The molecule has 0 saturated heterocycles. The Morgan fingerprint density at radius 2 is 1.83 bits per heavy atom. The number of benzene rings is 2. The Kier molecular flexibility index (Phi) is 1.95. The second-order valence-electron chi connectivity index (χ2n) is 4.68. The second kappa shape index (κ2) is 3.61. The van der Waals surface area contributed by atoms with Crippen LogP contribution in [0, 0.1) is 0 Å². The fraction of sp³-hybridized carbons (Fsp3) is 0.0588. The molecular formula is C17H12O. The molecule has 1 heteroatoms. The van der Waals surface area contributed by atoms with Crippen molar-refractivity contribution in [1.82, 2.24) is 0 Å². The number of hydrogen-bond acceptors (Lipinski definition) is 1. The predicted octanol–water partition coefficient (Wildman–Crippen LogP) is 4.53. The summed E-state index contributed by atoms with van der Waals surface area (Å²) in [6.07, 6.45) is 4.86. The van der Waals surface area contributed by atoms with Crippen molar-refractivity contribution >= 4 is 22.4 Å². The van der Waals surface area contributed by atoms with Gasteiger partial charge in [0.25, 0.3) is 0 Å². The highest BCUT2D eigenvalue weighted by Crippen LogP contribution is 2.38. The van der Waals surface area contributed by atoms with E-state index in [-0.39, 0.29) is 0 Å². The number of furan rings is 1. The van der Waals surface area contributed by atoms with Gasteiger partial charge in [0.05, 0.1) is 6.26 Å². The van der Waals surface area contributed by atoms with E-state index in [4.69, 9.17) is 4.42 Å². The van der Waals surface area contributed by atoms with E-state index in [1.54, 1.807) is 6.26 Å². The lowest BCUT2D eigenvalue weighted by Crippen LogP contribution is -1.79. The summed E-state index contributed by atoms with van der Waals surface area (Å²) >= 11 is 0. The maximum atomic E-state index is 5.41. The minimum Gasteiger partial charge on any atom is -0.465 e. The molecule has 0 aliphatic heterocycles. The quantitative estimate of drug-likeness (QED) is 0.600. The summed E-state index contributed by atoms with van der Waals surface area (Å²) in [7, 11) is 0. The maximum absolute atomic E-state index is 5.41. The van der Waals surface area contributed by atoms with Crippen molar-refractivity contribution in [3.63, 3.8) is 0 Å². The second-order valence-corrected chi connectivity index (χ2v) is 4.68. The van der Waals surface area contributed by atoms with E-state index in [2.05, 4.69) is 42.5 Å². The molecular weight excluding hydrogens is 220 g/mol. The van der Waals surface area contributed by atoms with E-state index >= 15 is 0 Å². The van der Waals surface area contributed by atoms with Crippen LogP contribution >= 0.6 is 0 Å². The van der Waals surface area contributed by atoms with E-state index in [1.807, 2.05) is 12.1 Å². The van der Waals surface area contributed by atoms with Gasteiger partial charge in [0.1, 0.15) is 5.76 Å². The van der Waals surface area contributed by atoms with Crippen LogP contribution in [0.25, 0.3) is 22.4 Å². The first-order valence-electron chi connectivity index (χ1n) is 6.17. The fourth-order valence-electron chi connectivity index (χ4n) is 2.81. The van der Waals surface area contributed by atoms with Crippen LogP contribution in [0.5, 0.6) is 0 Å². The molecule has 0 radical (unpaired) electrons. The van der Waals surface area contributed by atoms with Crippen LogP contribution in [0.3, 0.4) is 0 Å². The third-order valence-corrected chi connectivity index (χ3v) is 3.58. The van der Waals surface area contributed by atoms with Crippen molar-refractivity contribution in [3.05, 3.63) is 71.7 Å². The Bertz CT molecular complexity index is 743. The first kappa shape index (κ1) is 9.72. The summed E-state index contributed by atoms with van der Waals surface area (Å²) in [5, 5.41) is 2.73. The van der Waals surface area contributed by atoms with Crippen LogP contribution in [-0.4, -0.2) is 0 Å². The van der Waals surface area contributed by atoms with Crippen LogP contribution in [0.1, 0.15) is 16.9 Å². The van der Waals surface area contributed by atoms with E-state index in [1.165, 1.54) is 27.5 Å². The molecule has 0 unspecified atom stereocenters. The SMILES string of the molecule is C(=C1\Cc2cccc3cccc1c23)/c1ccco1. The van der Waals surface area contributed by atoms with E-state index in [0.717, 1.165) is 12.2 Å². The molecule has 0 fully saturated rings. The molecule has 0 spiro atoms. The van der Waals surface area contributed by atoms with Gasteiger partial charge in [0, 0.05) is 0 Å². The molecule has 4 rings (SSSR count). The largest absolute Gasteiger partial charge is 0.465 e. The molecule has 2 aromatic carbocycles. The minimum absolute atomic E-state index is 0.926. The molecule has 3 aromatic rings. The summed E-state index contributed by atoms with van der Waals surface area (Å²) in [5.74, 6) is 0.926. The summed E-state index contributed by atoms with van der Waals surface area (Å²) in [6.45, 7) is 0. The van der Waals surface area contributed by atoms with Gasteiger partial charge in [-0.3, -0.25) is 0 Å². The van der Waals surface area contributed by atoms with Crippen LogP contribution < -0.4 is 0 Å². The standard InChI is InChI=1S/C17H12O/c1-4-12-5-2-8-16-14(10-13(6-1)17(12)16)11-15-7-3-9-18-15/h1-9,11H,10H2/b14-11-. The average molecular weight is 232 g/mol. The van der Waals surface area contributed by atoms with Crippen molar-refractivity contribution in [2.24, 2.45) is 0 Å². The smallest absolute Gasteiger partial charge is 0.126 e. The Morgan fingerprint density at radius 3 is 2.67 bits per heavy atom. The Balaban J connectivity index is 1.97. The summed E-state index contributed by atoms with van der Waals surface area (Å²) in [4.78, 5) is 0. The zero-order valence-corrected chi connectivity index (χ0v) is 9.89. The Labute approximate surface area is 105 Å². The highest BCUT2D eigenvalue weighted by Gasteiger charge is 2.18. The van der Waals surface area contributed by atoms with Gasteiger partial charge in [0.2, 0.25) is 0 Å². The van der Waals surface area contributed by atoms with Crippen LogP contribution in [0.2, 0.25) is 0 Å². The highest BCUT2D eigenvalue weighted by atomic mass is 16.3. The monoisotopic (exact) mass is 232 g/mol. The van der Waals surface area contributed by atoms with Crippen molar-refractivity contribution in [2.75, 3.05) is 0 Å². The van der Waals surface area contributed by atoms with Crippen molar-refractivity contribution in [2.45, 2.75) is 6.42 Å². The van der Waals surface area contributed by atoms with Gasteiger partial charge in [-0.15, -0.1) is 0 Å². The van der Waals surface area contributed by atoms with Crippen molar-refractivity contribution in [1.29, 1.82) is 0 Å². The number of hydrogen-bond donors (Lipinski definition) is 0. The molecule has 1 aromatic heterocycles. The lowest BCUT2D eigenvalue weighted by Gasteiger charge is -2.00. The molecule has 1 aliphatic rings. The molecule has 0 atom stereocenters. The third-order valence-electron chi connectivity index (χ3n) is 3.58. The summed E-state index contributed by atoms with van der Waals surface area (Å²) in [6, 6.07) is 17.0. The molecule has 1 aliphatic carbocycles. The Hall–Kier alpha value is -2.28. The molecule has 1 nitrogen and oxygen atoms in total. The first-order valence-corrected chi connectivity index (χ1v) is 6.17. The zero-order chi connectivity index (χ0) is 11.9. The molecule has 0 amide bonds. The van der Waals surface area contributed by atoms with Crippen LogP contribution in [0.15, 0.2) is 59.2 Å². The first-order chi connectivity index (χ1) is 8.92. The van der Waals surface area contributed by atoms with Gasteiger partial charge in [-0.05, 0) is 52.1 Å². The van der Waals surface area contributed by atoms with E-state index in [0.29, 0.717) is 0 Å². The normalized spacial score (nSPS) is 15.7. The fourth-order valence-corrected chi connectivity index (χ4v) is 2.81. The molecule has 86 valence electrons. The van der Waals surface area contributed by atoms with Crippen LogP contribution in [0.4, 0.5) is 0 Å². The summed E-state index contributed by atoms with van der Waals surface area (Å²) < 4.78 is 5.41. The van der Waals surface area contributed by atoms with E-state index < -0.39 is 0 Å². The zero-order valence-electron chi connectivity index (χ0n) is 9.89. The molecule has 0 N–H and O–H groups in total. The van der Waals surface area contributed by atoms with Gasteiger partial charge in [0.15, 0.2) is 0 Å². The van der Waals surface area contributed by atoms with Crippen molar-refractivity contribution < 1.29 is 4.42 Å². The predicted molar refractivity (Wildman–Crippen MR) is 74.2 cm³/mol. The molecule has 18 heavy (non-hydrogen) atoms. The topological polar surface area (TPSA) is 13.1 Å². The summed E-state index contributed by atoms with van der Waals surface area (Å²) in [5.41, 5.74) is 4.11. The van der Waals surface area contributed by atoms with Gasteiger partial charge in [-0.2, -0.15) is 0 Å². The van der Waals surface area contributed by atoms with Gasteiger partial charge < -0.3 is 4.42 Å². The average Bonchev–Trinajstić information content (AvgIpc) is 3.01. The molecule has 1 heterocycles. The lowest BCUT2D eigenvalue weighted by molar-refractivity contribution is 0.557. The third kappa shape index (κ3) is 1.34. The number of allylic oxidation sites excluding steroid dienone is 1. The number of rotatable bonds is 1. The molecule has 0 saturated carbocycles. The maximum Gasteiger partial charge on any atom is 0.126 e. The Morgan fingerprint density at radius 1 is 0.944 bits per heavy atom. The van der Waals surface area contributed by atoms with Gasteiger partial charge >= 0.3 is 0 Å². The van der Waals surface area contributed by atoms with Gasteiger partial charge in [-0.25, -0.2) is 0 Å². The highest BCUT2D eigenvalue weighted by molar-refractivity contribution is 6.04. The van der Waals surface area contributed by atoms with Crippen LogP contribution in [-0.2, 0) is 6.42 Å². The van der Waals surface area contributed by atoms with Gasteiger partial charge in [-0.1, -0.05) is 36.4 Å². The van der Waals surface area contributed by atoms with Crippen molar-refractivity contribution in [3.8, 4) is 0 Å².